The van der Waals surface area contributed by atoms with Gasteiger partial charge in [0.15, 0.2) is 0 Å². The largest absolute Gasteiger partial charge is 0.480 e. The van der Waals surface area contributed by atoms with E-state index in [0.717, 1.165) is 6.42 Å². The lowest BCUT2D eigenvalue weighted by molar-refractivity contribution is -0.145. The van der Waals surface area contributed by atoms with Gasteiger partial charge in [0, 0.05) is 12.3 Å². The molecule has 5 heteroatoms. The number of carboxylic acids is 1. The number of nitrogens with two attached hydrogens (primary N) is 1. The summed E-state index contributed by atoms with van der Waals surface area (Å²) in [6.07, 6.45) is 1.04. The molecule has 0 aromatic rings. The molecule has 3 nitrogen and oxygen atoms in total. The molecule has 1 saturated carbocycles. The normalized spacial score (nSPS) is 20.8. The van der Waals surface area contributed by atoms with Gasteiger partial charge in [-0.3, -0.25) is 4.79 Å². The molecule has 0 amide bonds. The van der Waals surface area contributed by atoms with Gasteiger partial charge in [0.25, 0.3) is 5.92 Å². The van der Waals surface area contributed by atoms with Crippen LogP contribution in [-0.2, 0) is 4.79 Å². The van der Waals surface area contributed by atoms with E-state index in [1.54, 1.807) is 0 Å². The third kappa shape index (κ3) is 2.37. The SMILES string of the molecule is NC(CC(F)(F)C1CCC1)C(=O)O. The van der Waals surface area contributed by atoms with E-state index in [4.69, 9.17) is 10.8 Å². The second kappa shape index (κ2) is 3.57. The van der Waals surface area contributed by atoms with Crippen molar-refractivity contribution >= 4 is 5.97 Å². The van der Waals surface area contributed by atoms with Crippen molar-refractivity contribution in [2.24, 2.45) is 11.7 Å². The molecule has 13 heavy (non-hydrogen) atoms. The molecule has 0 aromatic carbocycles. The van der Waals surface area contributed by atoms with Gasteiger partial charge in [0.1, 0.15) is 6.04 Å². The Hall–Kier alpha value is -0.710. The first-order valence-electron chi connectivity index (χ1n) is 4.29. The van der Waals surface area contributed by atoms with Crippen LogP contribution in [0.25, 0.3) is 0 Å². The lowest BCUT2D eigenvalue weighted by Crippen LogP contribution is -2.42. The molecule has 76 valence electrons. The molecule has 1 atom stereocenters. The van der Waals surface area contributed by atoms with E-state index in [2.05, 4.69) is 0 Å². The topological polar surface area (TPSA) is 63.3 Å². The molecule has 1 aliphatic carbocycles. The minimum absolute atomic E-state index is 0.485. The molecule has 0 saturated heterocycles. The van der Waals surface area contributed by atoms with E-state index in [-0.39, 0.29) is 0 Å². The first-order chi connectivity index (χ1) is 5.93. The average molecular weight is 193 g/mol. The molecule has 0 aliphatic heterocycles. The van der Waals surface area contributed by atoms with Gasteiger partial charge in [-0.05, 0) is 12.8 Å². The summed E-state index contributed by atoms with van der Waals surface area (Å²) in [5, 5.41) is 8.36. The molecule has 3 N–H and O–H groups in total. The molecule has 1 fully saturated rings. The molecule has 1 unspecified atom stereocenters. The van der Waals surface area contributed by atoms with E-state index >= 15 is 0 Å². The predicted molar refractivity (Wildman–Crippen MR) is 42.5 cm³/mol. The highest BCUT2D eigenvalue weighted by molar-refractivity contribution is 5.73. The van der Waals surface area contributed by atoms with Crippen LogP contribution >= 0.6 is 0 Å². The van der Waals surface area contributed by atoms with E-state index in [0.29, 0.717) is 12.8 Å². The number of carbonyl (C=O) groups is 1. The van der Waals surface area contributed by atoms with Crippen molar-refractivity contribution < 1.29 is 18.7 Å². The number of rotatable bonds is 4. The summed E-state index contributed by atoms with van der Waals surface area (Å²) < 4.78 is 26.3. The van der Waals surface area contributed by atoms with Crippen LogP contribution in [0.3, 0.4) is 0 Å². The first-order valence-corrected chi connectivity index (χ1v) is 4.29. The highest BCUT2D eigenvalue weighted by Gasteiger charge is 2.44. The quantitative estimate of drug-likeness (QED) is 0.705. The maximum absolute atomic E-state index is 13.1. The Bertz CT molecular complexity index is 204. The summed E-state index contributed by atoms with van der Waals surface area (Å²) in [6.45, 7) is 0. The monoisotopic (exact) mass is 193 g/mol. The van der Waals surface area contributed by atoms with Crippen LogP contribution in [0, 0.1) is 5.92 Å². The third-order valence-electron chi connectivity index (χ3n) is 2.51. The minimum atomic E-state index is -2.91. The van der Waals surface area contributed by atoms with Gasteiger partial charge in [-0.25, -0.2) is 8.78 Å². The number of halogens is 2. The van der Waals surface area contributed by atoms with Crippen LogP contribution in [0.1, 0.15) is 25.7 Å². The van der Waals surface area contributed by atoms with Crippen LogP contribution in [0.4, 0.5) is 8.78 Å². The number of carboxylic acid groups (broad SMARTS) is 1. The Balaban J connectivity index is 2.45. The number of alkyl halides is 2. The van der Waals surface area contributed by atoms with Gasteiger partial charge in [-0.2, -0.15) is 0 Å². The van der Waals surface area contributed by atoms with Crippen LogP contribution < -0.4 is 5.73 Å². The summed E-state index contributed by atoms with van der Waals surface area (Å²) in [7, 11) is 0. The van der Waals surface area contributed by atoms with Gasteiger partial charge in [0.05, 0.1) is 0 Å². The lowest BCUT2D eigenvalue weighted by atomic mass is 9.78. The van der Waals surface area contributed by atoms with Crippen LogP contribution in [0.2, 0.25) is 0 Å². The van der Waals surface area contributed by atoms with Crippen molar-refractivity contribution in [3.63, 3.8) is 0 Å². The fraction of sp³-hybridized carbons (Fsp3) is 0.875. The fourth-order valence-corrected chi connectivity index (χ4v) is 1.38. The predicted octanol–water partition coefficient (Wildman–Crippen LogP) is 1.22. The molecular weight excluding hydrogens is 180 g/mol. The Morgan fingerprint density at radius 3 is 2.46 bits per heavy atom. The van der Waals surface area contributed by atoms with E-state index in [1.807, 2.05) is 0 Å². The molecule has 0 radical (unpaired) electrons. The van der Waals surface area contributed by atoms with Crippen molar-refractivity contribution in [3.05, 3.63) is 0 Å². The standard InChI is InChI=1S/C8H13F2NO2/c9-8(10,5-2-1-3-5)4-6(11)7(12)13/h5-6H,1-4,11H2,(H,12,13). The van der Waals surface area contributed by atoms with Gasteiger partial charge in [-0.15, -0.1) is 0 Å². The zero-order valence-corrected chi connectivity index (χ0v) is 7.17. The highest BCUT2D eigenvalue weighted by Crippen LogP contribution is 2.42. The molecule has 1 aliphatic rings. The fourth-order valence-electron chi connectivity index (χ4n) is 1.38. The smallest absolute Gasteiger partial charge is 0.320 e. The van der Waals surface area contributed by atoms with Crippen molar-refractivity contribution in [1.29, 1.82) is 0 Å². The second-order valence-electron chi connectivity index (χ2n) is 3.54. The summed E-state index contributed by atoms with van der Waals surface area (Å²) >= 11 is 0. The highest BCUT2D eigenvalue weighted by atomic mass is 19.3. The third-order valence-corrected chi connectivity index (χ3v) is 2.51. The minimum Gasteiger partial charge on any atom is -0.480 e. The van der Waals surface area contributed by atoms with Gasteiger partial charge in [-0.1, -0.05) is 6.42 Å². The maximum atomic E-state index is 13.1. The van der Waals surface area contributed by atoms with E-state index in [9.17, 15) is 13.6 Å². The maximum Gasteiger partial charge on any atom is 0.320 e. The summed E-state index contributed by atoms with van der Waals surface area (Å²) in [5.74, 6) is -4.92. The van der Waals surface area contributed by atoms with Crippen molar-refractivity contribution in [2.75, 3.05) is 0 Å². The molecule has 0 bridgehead atoms. The van der Waals surface area contributed by atoms with E-state index < -0.39 is 30.3 Å². The van der Waals surface area contributed by atoms with Crippen LogP contribution in [0.15, 0.2) is 0 Å². The number of aliphatic carboxylic acids is 1. The number of hydrogen-bond acceptors (Lipinski definition) is 2. The Kier molecular flexibility index (Phi) is 2.85. The van der Waals surface area contributed by atoms with Gasteiger partial charge >= 0.3 is 5.97 Å². The molecule has 0 spiro atoms. The van der Waals surface area contributed by atoms with E-state index in [1.165, 1.54) is 0 Å². The first kappa shape index (κ1) is 10.4. The Morgan fingerprint density at radius 1 is 1.62 bits per heavy atom. The molecule has 0 heterocycles. The van der Waals surface area contributed by atoms with Crippen molar-refractivity contribution in [2.45, 2.75) is 37.6 Å². The Morgan fingerprint density at radius 2 is 2.15 bits per heavy atom. The van der Waals surface area contributed by atoms with Gasteiger partial charge in [0.2, 0.25) is 0 Å². The molecule has 0 aromatic heterocycles. The van der Waals surface area contributed by atoms with Gasteiger partial charge < -0.3 is 10.8 Å². The lowest BCUT2D eigenvalue weighted by Gasteiger charge is -2.34. The zero-order valence-electron chi connectivity index (χ0n) is 7.17. The molecular formula is C8H13F2NO2. The average Bonchev–Trinajstić information content (AvgIpc) is 1.79. The Labute approximate surface area is 74.9 Å². The van der Waals surface area contributed by atoms with Crippen LogP contribution in [-0.4, -0.2) is 23.0 Å². The summed E-state index contributed by atoms with van der Waals surface area (Å²) in [4.78, 5) is 10.2. The second-order valence-corrected chi connectivity index (χ2v) is 3.54. The summed E-state index contributed by atoms with van der Waals surface area (Å²) in [6, 6.07) is -1.45. The van der Waals surface area contributed by atoms with Crippen molar-refractivity contribution in [1.82, 2.24) is 0 Å². The van der Waals surface area contributed by atoms with Crippen molar-refractivity contribution in [3.8, 4) is 0 Å². The van der Waals surface area contributed by atoms with Crippen LogP contribution in [0.5, 0.6) is 0 Å². The molecule has 1 rings (SSSR count). The zero-order chi connectivity index (χ0) is 10.1. The summed E-state index contributed by atoms with van der Waals surface area (Å²) in [5.41, 5.74) is 5.04. The number of hydrogen-bond donors (Lipinski definition) is 2.